The minimum absolute atomic E-state index is 0.226. The molecule has 0 rings (SSSR count). The van der Waals surface area contributed by atoms with Gasteiger partial charge >= 0.3 is 0 Å². The number of amides is 2. The van der Waals surface area contributed by atoms with Crippen molar-refractivity contribution < 1.29 is 14.7 Å². The highest BCUT2D eigenvalue weighted by Gasteiger charge is 2.19. The highest BCUT2D eigenvalue weighted by Crippen LogP contribution is 2.35. The van der Waals surface area contributed by atoms with E-state index in [2.05, 4.69) is 99.4 Å². The first-order chi connectivity index (χ1) is 35.9. The quantitative estimate of drug-likeness (QED) is 0.0477. The summed E-state index contributed by atoms with van der Waals surface area (Å²) in [5.74, 6) is 2.94. The summed E-state index contributed by atoms with van der Waals surface area (Å²) in [6.07, 6.45) is 53.4. The molecule has 0 saturated carbocycles. The first-order valence-electron chi connectivity index (χ1n) is 32.4. The molecule has 0 saturated heterocycles. The van der Waals surface area contributed by atoms with Gasteiger partial charge in [-0.25, -0.2) is 0 Å². The number of nitrogens with zero attached hydrogens (tertiary/aromatic N) is 3. The Bertz CT molecular complexity index is 1050. The van der Waals surface area contributed by atoms with Crippen molar-refractivity contribution in [2.24, 2.45) is 0 Å². The van der Waals surface area contributed by atoms with Crippen LogP contribution in [0.5, 0.6) is 0 Å². The zero-order valence-corrected chi connectivity index (χ0v) is 53.1. The molecule has 6 nitrogen and oxygen atoms in total. The molecule has 1 N–H and O–H groups in total. The standard InChI is InChI=1S/C63H127N3O3S4/c1-7-13-19-25-27-34-46-60(44-32-23-17-11-5)72-70-58-42-39-53-65(51-37-29-21-15-9-3)62(68)48-55-64(50-36-31-41-57-67)56-49-63(69)66(52-38-30-22-16-10-4)54-40-43-59-71-73-61(45-33-24-18-12-6)47-35-28-26-20-14-8-2/h60-61,67H,7-59H2,1-6H3. The van der Waals surface area contributed by atoms with Crippen LogP contribution in [-0.2, 0) is 9.59 Å². The monoisotopic (exact) mass is 1100 g/mol. The summed E-state index contributed by atoms with van der Waals surface area (Å²) in [6.45, 7) is 19.8. The number of hydrogen-bond donors (Lipinski definition) is 1. The molecule has 2 unspecified atom stereocenters. The van der Waals surface area contributed by atoms with Gasteiger partial charge in [0.1, 0.15) is 0 Å². The first-order valence-corrected chi connectivity index (χ1v) is 37.1. The van der Waals surface area contributed by atoms with Crippen LogP contribution in [-0.4, -0.2) is 106 Å². The van der Waals surface area contributed by atoms with E-state index in [-0.39, 0.29) is 6.61 Å². The smallest absolute Gasteiger partial charge is 0.223 e. The van der Waals surface area contributed by atoms with Gasteiger partial charge in [0.2, 0.25) is 11.8 Å². The third-order valence-corrected chi connectivity index (χ3v) is 21.0. The Hall–Kier alpha value is 0.260. The molecule has 0 aliphatic rings. The van der Waals surface area contributed by atoms with E-state index in [1.807, 2.05) is 0 Å². The second-order valence-electron chi connectivity index (χ2n) is 22.0. The minimum atomic E-state index is 0.226. The molecule has 0 bridgehead atoms. The summed E-state index contributed by atoms with van der Waals surface area (Å²) in [4.78, 5) is 35.0. The van der Waals surface area contributed by atoms with E-state index in [1.54, 1.807) is 0 Å². The molecule has 10 heteroatoms. The van der Waals surface area contributed by atoms with E-state index in [0.717, 1.165) is 88.2 Å². The van der Waals surface area contributed by atoms with Gasteiger partial charge in [-0.1, -0.05) is 265 Å². The van der Waals surface area contributed by atoms with Crippen LogP contribution in [0.2, 0.25) is 0 Å². The SMILES string of the molecule is CCCCCCCCC(CCCCCC)SSCCCCN(CCCCCCC)C(=O)CCN(CCCCCO)CCC(=O)N(CCCCCCC)CCCCSSC(CCCCCC)CCCCCCCC. The fourth-order valence-corrected chi connectivity index (χ4v) is 15.8. The molecule has 2 atom stereocenters. The summed E-state index contributed by atoms with van der Waals surface area (Å²) in [6, 6.07) is 0. The largest absolute Gasteiger partial charge is 0.396 e. The number of unbranched alkanes of at least 4 members (excludes halogenated alkanes) is 28. The second kappa shape index (κ2) is 59.9. The zero-order chi connectivity index (χ0) is 53.3. The number of carbonyl (C=O) groups excluding carboxylic acids is 2. The Labute approximate surface area is 473 Å². The molecule has 0 fully saturated rings. The fraction of sp³-hybridized carbons (Fsp3) is 0.968. The molecule has 0 aliphatic carbocycles. The predicted octanol–water partition coefficient (Wildman–Crippen LogP) is 20.3. The van der Waals surface area contributed by atoms with Crippen LogP contribution in [0.15, 0.2) is 0 Å². The molecule has 0 aromatic heterocycles. The summed E-state index contributed by atoms with van der Waals surface area (Å²) in [5, 5.41) is 11.1. The van der Waals surface area contributed by atoms with Crippen molar-refractivity contribution in [3.05, 3.63) is 0 Å². The highest BCUT2D eigenvalue weighted by atomic mass is 33.1. The molecule has 0 radical (unpaired) electrons. The van der Waals surface area contributed by atoms with Crippen LogP contribution >= 0.6 is 43.2 Å². The van der Waals surface area contributed by atoms with Crippen molar-refractivity contribution in [1.82, 2.24) is 14.7 Å². The lowest BCUT2D eigenvalue weighted by atomic mass is 10.0. The Morgan fingerprint density at radius 3 is 0.945 bits per heavy atom. The predicted molar refractivity (Wildman–Crippen MR) is 337 cm³/mol. The Morgan fingerprint density at radius 2 is 0.603 bits per heavy atom. The van der Waals surface area contributed by atoms with Crippen LogP contribution in [0, 0.1) is 0 Å². The Kier molecular flexibility index (Phi) is 60.1. The Morgan fingerprint density at radius 1 is 0.329 bits per heavy atom. The highest BCUT2D eigenvalue weighted by molar-refractivity contribution is 8.77. The van der Waals surface area contributed by atoms with E-state index in [9.17, 15) is 14.7 Å². The molecule has 0 aromatic carbocycles. The number of carbonyl (C=O) groups is 2. The van der Waals surface area contributed by atoms with E-state index in [4.69, 9.17) is 0 Å². The van der Waals surface area contributed by atoms with E-state index in [0.29, 0.717) is 37.7 Å². The maximum atomic E-state index is 14.1. The number of aliphatic hydroxyl groups excluding tert-OH is 1. The van der Waals surface area contributed by atoms with Crippen molar-refractivity contribution in [3.63, 3.8) is 0 Å². The normalized spacial score (nSPS) is 12.5. The number of hydrogen-bond acceptors (Lipinski definition) is 8. The van der Waals surface area contributed by atoms with Crippen LogP contribution in [0.1, 0.15) is 318 Å². The average Bonchev–Trinajstić information content (AvgIpc) is 3.39. The summed E-state index contributed by atoms with van der Waals surface area (Å²) in [5.41, 5.74) is 0. The van der Waals surface area contributed by atoms with E-state index < -0.39 is 0 Å². The van der Waals surface area contributed by atoms with Crippen molar-refractivity contribution >= 4 is 55.0 Å². The average molecular weight is 1100 g/mol. The van der Waals surface area contributed by atoms with Gasteiger partial charge in [0.25, 0.3) is 0 Å². The first kappa shape index (κ1) is 73.3. The topological polar surface area (TPSA) is 64.1 Å². The van der Waals surface area contributed by atoms with Gasteiger partial charge in [-0.15, -0.1) is 0 Å². The van der Waals surface area contributed by atoms with Gasteiger partial charge in [0.05, 0.1) is 0 Å². The maximum Gasteiger partial charge on any atom is 0.223 e. The molecule has 2 amide bonds. The summed E-state index contributed by atoms with van der Waals surface area (Å²) >= 11 is 0. The van der Waals surface area contributed by atoms with E-state index in [1.165, 1.54) is 230 Å². The Balaban J connectivity index is 5.44. The summed E-state index contributed by atoms with van der Waals surface area (Å²) in [7, 11) is 8.54. The molecule has 0 heterocycles. The number of aliphatic hydroxyl groups is 1. The van der Waals surface area contributed by atoms with Gasteiger partial charge in [0.15, 0.2) is 0 Å². The maximum absolute atomic E-state index is 14.1. The molecule has 0 aliphatic heterocycles. The van der Waals surface area contributed by atoms with Crippen molar-refractivity contribution in [1.29, 1.82) is 0 Å². The fourth-order valence-electron chi connectivity index (χ4n) is 9.92. The van der Waals surface area contributed by atoms with Crippen LogP contribution in [0.4, 0.5) is 0 Å². The van der Waals surface area contributed by atoms with Crippen LogP contribution in [0.3, 0.4) is 0 Å². The van der Waals surface area contributed by atoms with Crippen molar-refractivity contribution in [2.75, 3.05) is 63.9 Å². The molecule has 0 spiro atoms. The van der Waals surface area contributed by atoms with Gasteiger partial charge in [-0.2, -0.15) is 0 Å². The second-order valence-corrected chi connectivity index (χ2v) is 27.6. The molecule has 436 valence electrons. The van der Waals surface area contributed by atoms with Crippen molar-refractivity contribution in [3.8, 4) is 0 Å². The van der Waals surface area contributed by atoms with Crippen molar-refractivity contribution in [2.45, 2.75) is 328 Å². The van der Waals surface area contributed by atoms with Crippen LogP contribution in [0.25, 0.3) is 0 Å². The van der Waals surface area contributed by atoms with Gasteiger partial charge in [-0.05, 0) is 90.0 Å². The van der Waals surface area contributed by atoms with Crippen LogP contribution < -0.4 is 0 Å². The molecular weight excluding hydrogens is 975 g/mol. The number of rotatable bonds is 61. The van der Waals surface area contributed by atoms with Gasteiger partial charge in [-0.3, -0.25) is 9.59 Å². The van der Waals surface area contributed by atoms with Gasteiger partial charge in [0, 0.05) is 80.7 Å². The lowest BCUT2D eigenvalue weighted by molar-refractivity contribution is -0.131. The molecule has 0 aromatic rings. The third-order valence-electron chi connectivity index (χ3n) is 14.9. The lowest BCUT2D eigenvalue weighted by Gasteiger charge is -2.28. The summed E-state index contributed by atoms with van der Waals surface area (Å²) < 4.78 is 0. The lowest BCUT2D eigenvalue weighted by Crippen LogP contribution is -2.39. The molecular formula is C63H127N3O3S4. The zero-order valence-electron chi connectivity index (χ0n) is 49.9. The molecule has 73 heavy (non-hydrogen) atoms. The van der Waals surface area contributed by atoms with E-state index >= 15 is 0 Å². The minimum Gasteiger partial charge on any atom is -0.396 e. The van der Waals surface area contributed by atoms with Gasteiger partial charge < -0.3 is 19.8 Å². The third kappa shape index (κ3) is 50.2.